The molecule has 6 heteroatoms. The lowest BCUT2D eigenvalue weighted by Gasteiger charge is -2.10. The van der Waals surface area contributed by atoms with Crippen LogP contribution in [0.1, 0.15) is 0 Å². The molecule has 0 atom stereocenters. The van der Waals surface area contributed by atoms with E-state index in [1.54, 1.807) is 36.4 Å². The van der Waals surface area contributed by atoms with Crippen LogP contribution in [0.5, 0.6) is 11.5 Å². The number of rotatable bonds is 3. The molecule has 108 valence electrons. The van der Waals surface area contributed by atoms with Crippen LogP contribution in [0.2, 0.25) is 0 Å². The van der Waals surface area contributed by atoms with Crippen molar-refractivity contribution in [3.05, 3.63) is 48.5 Å². The molecule has 0 spiro atoms. The molecule has 0 heterocycles. The number of carbonyl (C=O) groups is 2. The van der Waals surface area contributed by atoms with Gasteiger partial charge < -0.3 is 20.5 Å². The number of para-hydroxylation sites is 4. The summed E-state index contributed by atoms with van der Waals surface area (Å²) < 4.78 is 5.08. The van der Waals surface area contributed by atoms with Crippen molar-refractivity contribution >= 4 is 23.2 Å². The summed E-state index contributed by atoms with van der Waals surface area (Å²) in [6.07, 6.45) is 0. The van der Waals surface area contributed by atoms with E-state index in [2.05, 4.69) is 10.6 Å². The second-order valence-electron chi connectivity index (χ2n) is 4.13. The van der Waals surface area contributed by atoms with Crippen molar-refractivity contribution in [1.29, 1.82) is 0 Å². The number of phenolic OH excluding ortho intramolecular Hbond substituents is 1. The van der Waals surface area contributed by atoms with Crippen molar-refractivity contribution < 1.29 is 19.4 Å². The lowest BCUT2D eigenvalue weighted by molar-refractivity contribution is -0.133. The largest absolute Gasteiger partial charge is 0.506 e. The molecule has 0 aliphatic heterocycles. The standard InChI is InChI=1S/C15H14N2O4/c1-21-13-9-5-3-7-11(13)17-15(20)14(19)16-10-6-2-4-8-12(10)18/h2-9,18H,1H3,(H,16,19)(H,17,20). The second-order valence-corrected chi connectivity index (χ2v) is 4.13. The van der Waals surface area contributed by atoms with E-state index in [1.165, 1.54) is 19.2 Å². The van der Waals surface area contributed by atoms with Crippen LogP contribution in [-0.2, 0) is 9.59 Å². The molecule has 0 unspecified atom stereocenters. The third kappa shape index (κ3) is 3.50. The van der Waals surface area contributed by atoms with Gasteiger partial charge in [0, 0.05) is 0 Å². The van der Waals surface area contributed by atoms with E-state index in [9.17, 15) is 14.7 Å². The SMILES string of the molecule is COc1ccccc1NC(=O)C(=O)Nc1ccccc1O. The number of methoxy groups -OCH3 is 1. The first kappa shape index (κ1) is 14.4. The Bertz CT molecular complexity index is 670. The van der Waals surface area contributed by atoms with Gasteiger partial charge in [-0.3, -0.25) is 9.59 Å². The Kier molecular flexibility index (Phi) is 4.40. The van der Waals surface area contributed by atoms with Gasteiger partial charge in [-0.1, -0.05) is 24.3 Å². The molecule has 0 aliphatic rings. The first-order valence-corrected chi connectivity index (χ1v) is 6.15. The number of hydrogen-bond donors (Lipinski definition) is 3. The van der Waals surface area contributed by atoms with Gasteiger partial charge in [-0.05, 0) is 24.3 Å². The van der Waals surface area contributed by atoms with Crippen LogP contribution in [0.25, 0.3) is 0 Å². The van der Waals surface area contributed by atoms with Crippen molar-refractivity contribution in [1.82, 2.24) is 0 Å². The van der Waals surface area contributed by atoms with Crippen molar-refractivity contribution in [2.75, 3.05) is 17.7 Å². The molecule has 0 fully saturated rings. The summed E-state index contributed by atoms with van der Waals surface area (Å²) in [5.74, 6) is -1.41. The normalized spacial score (nSPS) is 9.76. The summed E-state index contributed by atoms with van der Waals surface area (Å²) in [5.41, 5.74) is 0.551. The predicted molar refractivity (Wildman–Crippen MR) is 78.4 cm³/mol. The molecule has 2 amide bonds. The summed E-state index contributed by atoms with van der Waals surface area (Å²) in [4.78, 5) is 23.6. The Morgan fingerprint density at radius 3 is 2.05 bits per heavy atom. The molecular weight excluding hydrogens is 272 g/mol. The van der Waals surface area contributed by atoms with E-state index in [-0.39, 0.29) is 11.4 Å². The van der Waals surface area contributed by atoms with Crippen LogP contribution in [-0.4, -0.2) is 24.0 Å². The zero-order valence-corrected chi connectivity index (χ0v) is 11.3. The Hall–Kier alpha value is -3.02. The summed E-state index contributed by atoms with van der Waals surface area (Å²) in [5, 5.41) is 14.3. The Balaban J connectivity index is 2.07. The first-order chi connectivity index (χ1) is 10.1. The van der Waals surface area contributed by atoms with Gasteiger partial charge in [-0.25, -0.2) is 0 Å². The van der Waals surface area contributed by atoms with Crippen molar-refractivity contribution in [2.24, 2.45) is 0 Å². The van der Waals surface area contributed by atoms with Gasteiger partial charge in [0.1, 0.15) is 11.5 Å². The number of phenols is 1. The van der Waals surface area contributed by atoms with Crippen LogP contribution in [0.15, 0.2) is 48.5 Å². The number of benzene rings is 2. The van der Waals surface area contributed by atoms with E-state index in [0.29, 0.717) is 11.4 Å². The molecule has 21 heavy (non-hydrogen) atoms. The minimum absolute atomic E-state index is 0.115. The van der Waals surface area contributed by atoms with Gasteiger partial charge in [-0.2, -0.15) is 0 Å². The number of amides is 2. The maximum absolute atomic E-state index is 11.8. The summed E-state index contributed by atoms with van der Waals surface area (Å²) >= 11 is 0. The van der Waals surface area contributed by atoms with E-state index < -0.39 is 11.8 Å². The molecule has 0 saturated carbocycles. The molecule has 0 aromatic heterocycles. The molecule has 3 N–H and O–H groups in total. The molecule has 0 saturated heterocycles. The topological polar surface area (TPSA) is 87.7 Å². The molecule has 0 aliphatic carbocycles. The minimum Gasteiger partial charge on any atom is -0.506 e. The molecule has 0 radical (unpaired) electrons. The predicted octanol–water partition coefficient (Wildman–Crippen LogP) is 1.98. The minimum atomic E-state index is -0.887. The average molecular weight is 286 g/mol. The number of hydrogen-bond acceptors (Lipinski definition) is 4. The number of aromatic hydroxyl groups is 1. The van der Waals surface area contributed by atoms with E-state index >= 15 is 0 Å². The Labute approximate surface area is 121 Å². The molecule has 2 rings (SSSR count). The van der Waals surface area contributed by atoms with Crippen LogP contribution in [0.4, 0.5) is 11.4 Å². The van der Waals surface area contributed by atoms with E-state index in [1.807, 2.05) is 0 Å². The maximum atomic E-state index is 11.8. The molecule has 6 nitrogen and oxygen atoms in total. The smallest absolute Gasteiger partial charge is 0.314 e. The summed E-state index contributed by atoms with van der Waals surface area (Å²) in [6.45, 7) is 0. The van der Waals surface area contributed by atoms with Crippen LogP contribution in [0, 0.1) is 0 Å². The van der Waals surface area contributed by atoms with E-state index in [4.69, 9.17) is 4.74 Å². The number of carbonyl (C=O) groups excluding carboxylic acids is 2. The highest BCUT2D eigenvalue weighted by atomic mass is 16.5. The van der Waals surface area contributed by atoms with Gasteiger partial charge in [-0.15, -0.1) is 0 Å². The lowest BCUT2D eigenvalue weighted by atomic mass is 10.2. The van der Waals surface area contributed by atoms with Crippen LogP contribution < -0.4 is 15.4 Å². The maximum Gasteiger partial charge on any atom is 0.314 e. The van der Waals surface area contributed by atoms with Gasteiger partial charge in [0.2, 0.25) is 0 Å². The monoisotopic (exact) mass is 286 g/mol. The van der Waals surface area contributed by atoms with Crippen LogP contribution >= 0.6 is 0 Å². The highest BCUT2D eigenvalue weighted by Crippen LogP contribution is 2.24. The fourth-order valence-corrected chi connectivity index (χ4v) is 1.69. The van der Waals surface area contributed by atoms with Gasteiger partial charge in [0.25, 0.3) is 0 Å². The molecule has 2 aromatic carbocycles. The fourth-order valence-electron chi connectivity index (χ4n) is 1.69. The fraction of sp³-hybridized carbons (Fsp3) is 0.0667. The Morgan fingerprint density at radius 1 is 0.905 bits per heavy atom. The third-order valence-electron chi connectivity index (χ3n) is 2.71. The third-order valence-corrected chi connectivity index (χ3v) is 2.71. The zero-order valence-electron chi connectivity index (χ0n) is 11.3. The number of ether oxygens (including phenoxy) is 1. The van der Waals surface area contributed by atoms with Gasteiger partial charge in [0.05, 0.1) is 18.5 Å². The molecular formula is C15H14N2O4. The summed E-state index contributed by atoms with van der Waals surface area (Å²) in [7, 11) is 1.47. The molecule has 0 bridgehead atoms. The van der Waals surface area contributed by atoms with Crippen molar-refractivity contribution in [3.63, 3.8) is 0 Å². The van der Waals surface area contributed by atoms with E-state index in [0.717, 1.165) is 0 Å². The lowest BCUT2D eigenvalue weighted by Crippen LogP contribution is -2.29. The van der Waals surface area contributed by atoms with Gasteiger partial charge >= 0.3 is 11.8 Å². The quantitative estimate of drug-likeness (QED) is 0.594. The highest BCUT2D eigenvalue weighted by Gasteiger charge is 2.16. The Morgan fingerprint density at radius 2 is 1.43 bits per heavy atom. The zero-order chi connectivity index (χ0) is 15.2. The first-order valence-electron chi connectivity index (χ1n) is 6.15. The number of nitrogens with one attached hydrogen (secondary N) is 2. The van der Waals surface area contributed by atoms with Crippen molar-refractivity contribution in [2.45, 2.75) is 0 Å². The molecule has 2 aromatic rings. The highest BCUT2D eigenvalue weighted by molar-refractivity contribution is 6.43. The van der Waals surface area contributed by atoms with Crippen LogP contribution in [0.3, 0.4) is 0 Å². The second kappa shape index (κ2) is 6.42. The van der Waals surface area contributed by atoms with Gasteiger partial charge in [0.15, 0.2) is 0 Å². The summed E-state index contributed by atoms with van der Waals surface area (Å²) in [6, 6.07) is 12.9. The van der Waals surface area contributed by atoms with Crippen molar-refractivity contribution in [3.8, 4) is 11.5 Å². The number of anilines is 2. The average Bonchev–Trinajstić information content (AvgIpc) is 2.50.